The van der Waals surface area contributed by atoms with Crippen molar-refractivity contribution in [3.63, 3.8) is 0 Å². The lowest BCUT2D eigenvalue weighted by Gasteiger charge is -2.20. The molecule has 6 nitrogen and oxygen atoms in total. The first-order valence-electron chi connectivity index (χ1n) is 8.41. The zero-order valence-electron chi connectivity index (χ0n) is 14.4. The van der Waals surface area contributed by atoms with Crippen LogP contribution in [0, 0.1) is 11.3 Å². The predicted molar refractivity (Wildman–Crippen MR) is 96.5 cm³/mol. The summed E-state index contributed by atoms with van der Waals surface area (Å²) in [6, 6.07) is 12.1. The van der Waals surface area contributed by atoms with Crippen molar-refractivity contribution in [2.24, 2.45) is 0 Å². The molecule has 3 rings (SSSR count). The van der Waals surface area contributed by atoms with Gasteiger partial charge in [0.25, 0.3) is 0 Å². The Hall–Kier alpha value is -2.33. The molecule has 1 aromatic carbocycles. The largest absolute Gasteiger partial charge is 0.344 e. The number of para-hydroxylation sites is 1. The maximum atomic E-state index is 12.5. The molecule has 0 N–H and O–H groups in total. The van der Waals surface area contributed by atoms with E-state index in [9.17, 15) is 4.79 Å². The Morgan fingerprint density at radius 3 is 2.76 bits per heavy atom. The summed E-state index contributed by atoms with van der Waals surface area (Å²) in [5.74, 6) is 1.44. The van der Waals surface area contributed by atoms with E-state index in [2.05, 4.69) is 20.8 Å². The van der Waals surface area contributed by atoms with Gasteiger partial charge in [0.1, 0.15) is 5.82 Å². The first-order valence-corrected chi connectivity index (χ1v) is 9.29. The van der Waals surface area contributed by atoms with Crippen LogP contribution in [0.3, 0.4) is 0 Å². The number of carbonyl (C=O) groups is 1. The second-order valence-corrected chi connectivity index (χ2v) is 7.52. The Morgan fingerprint density at radius 2 is 2.12 bits per heavy atom. The van der Waals surface area contributed by atoms with Crippen molar-refractivity contribution < 1.29 is 4.79 Å². The Labute approximate surface area is 151 Å². The molecular formula is C18H21N5OS. The van der Waals surface area contributed by atoms with Crippen LogP contribution in [0.25, 0.3) is 5.69 Å². The lowest BCUT2D eigenvalue weighted by atomic mass is 10.3. The van der Waals surface area contributed by atoms with Gasteiger partial charge in [0.2, 0.25) is 5.91 Å². The van der Waals surface area contributed by atoms with E-state index in [4.69, 9.17) is 5.26 Å². The molecule has 1 atom stereocenters. The van der Waals surface area contributed by atoms with Crippen LogP contribution in [0.15, 0.2) is 35.5 Å². The van der Waals surface area contributed by atoms with Crippen LogP contribution in [-0.2, 0) is 4.79 Å². The molecule has 0 saturated heterocycles. The normalized spacial score (nSPS) is 14.8. The molecule has 0 bridgehead atoms. The van der Waals surface area contributed by atoms with Crippen molar-refractivity contribution in [2.75, 3.05) is 13.6 Å². The number of aromatic nitrogens is 3. The highest BCUT2D eigenvalue weighted by Gasteiger charge is 2.32. The molecule has 1 aromatic heterocycles. The molecular weight excluding hydrogens is 334 g/mol. The van der Waals surface area contributed by atoms with E-state index in [1.807, 2.05) is 37.3 Å². The Bertz CT molecular complexity index is 779. The molecule has 1 heterocycles. The third-order valence-electron chi connectivity index (χ3n) is 4.18. The summed E-state index contributed by atoms with van der Waals surface area (Å²) in [5, 5.41) is 17.9. The van der Waals surface area contributed by atoms with Gasteiger partial charge in [-0.25, -0.2) is 0 Å². The van der Waals surface area contributed by atoms with Crippen LogP contribution >= 0.6 is 11.8 Å². The minimum atomic E-state index is -0.289. The van der Waals surface area contributed by atoms with Crippen molar-refractivity contribution >= 4 is 17.7 Å². The van der Waals surface area contributed by atoms with Crippen LogP contribution < -0.4 is 0 Å². The number of rotatable bonds is 7. The lowest BCUT2D eigenvalue weighted by molar-refractivity contribution is -0.128. The topological polar surface area (TPSA) is 74.8 Å². The summed E-state index contributed by atoms with van der Waals surface area (Å²) >= 11 is 1.42. The molecule has 0 unspecified atom stereocenters. The van der Waals surface area contributed by atoms with Crippen LogP contribution in [0.4, 0.5) is 0 Å². The fraction of sp³-hybridized carbons (Fsp3) is 0.444. The molecule has 130 valence electrons. The number of nitrogens with zero attached hydrogens (tertiary/aromatic N) is 5. The lowest BCUT2D eigenvalue weighted by Crippen LogP contribution is -2.34. The van der Waals surface area contributed by atoms with Crippen molar-refractivity contribution in [1.29, 1.82) is 5.26 Å². The second-order valence-electron chi connectivity index (χ2n) is 6.21. The Morgan fingerprint density at radius 1 is 1.40 bits per heavy atom. The molecule has 1 fully saturated rings. The smallest absolute Gasteiger partial charge is 0.235 e. The maximum Gasteiger partial charge on any atom is 0.235 e. The SMILES string of the molecule is C[C@@H](Sc1nnc(C2CC2)n1-c1ccccc1)C(=O)N(C)CCC#N. The Balaban J connectivity index is 1.81. The van der Waals surface area contributed by atoms with Gasteiger partial charge in [-0.15, -0.1) is 10.2 Å². The summed E-state index contributed by atoms with van der Waals surface area (Å²) in [5.41, 5.74) is 1.02. The van der Waals surface area contributed by atoms with E-state index in [-0.39, 0.29) is 11.2 Å². The maximum absolute atomic E-state index is 12.5. The van der Waals surface area contributed by atoms with Gasteiger partial charge in [-0.05, 0) is 31.9 Å². The molecule has 1 aliphatic carbocycles. The second kappa shape index (κ2) is 7.70. The number of thioether (sulfide) groups is 1. The number of nitriles is 1. The van der Waals surface area contributed by atoms with Crippen LogP contribution in [-0.4, -0.2) is 44.4 Å². The first kappa shape index (κ1) is 17.5. The summed E-state index contributed by atoms with van der Waals surface area (Å²) < 4.78 is 2.07. The average molecular weight is 355 g/mol. The molecule has 0 radical (unpaired) electrons. The van der Waals surface area contributed by atoms with Gasteiger partial charge >= 0.3 is 0 Å². The van der Waals surface area contributed by atoms with Crippen molar-refractivity contribution in [3.05, 3.63) is 36.2 Å². The number of hydrogen-bond donors (Lipinski definition) is 0. The zero-order chi connectivity index (χ0) is 17.8. The fourth-order valence-corrected chi connectivity index (χ4v) is 3.62. The summed E-state index contributed by atoms with van der Waals surface area (Å²) in [6.45, 7) is 2.32. The number of amides is 1. The summed E-state index contributed by atoms with van der Waals surface area (Å²) in [6.07, 6.45) is 2.62. The van der Waals surface area contributed by atoms with Gasteiger partial charge in [-0.2, -0.15) is 5.26 Å². The average Bonchev–Trinajstić information content (AvgIpc) is 3.40. The van der Waals surface area contributed by atoms with Crippen LogP contribution in [0.2, 0.25) is 0 Å². The third-order valence-corrected chi connectivity index (χ3v) is 5.21. The monoisotopic (exact) mass is 355 g/mol. The first-order chi connectivity index (χ1) is 12.1. The summed E-state index contributed by atoms with van der Waals surface area (Å²) in [4.78, 5) is 14.1. The molecule has 2 aromatic rings. The highest BCUT2D eigenvalue weighted by atomic mass is 32.2. The molecule has 1 aliphatic rings. The highest BCUT2D eigenvalue weighted by Crippen LogP contribution is 2.41. The van der Waals surface area contributed by atoms with Crippen LogP contribution in [0.5, 0.6) is 0 Å². The number of benzene rings is 1. The molecule has 0 spiro atoms. The Kier molecular flexibility index (Phi) is 5.39. The van der Waals surface area contributed by atoms with Gasteiger partial charge in [-0.1, -0.05) is 30.0 Å². The number of hydrogen-bond acceptors (Lipinski definition) is 5. The van der Waals surface area contributed by atoms with Gasteiger partial charge in [0.05, 0.1) is 17.7 Å². The molecule has 1 amide bonds. The highest BCUT2D eigenvalue weighted by molar-refractivity contribution is 8.00. The fourth-order valence-electron chi connectivity index (χ4n) is 2.63. The van der Waals surface area contributed by atoms with E-state index in [1.54, 1.807) is 11.9 Å². The predicted octanol–water partition coefficient (Wildman–Crippen LogP) is 3.00. The molecule has 0 aliphatic heterocycles. The minimum Gasteiger partial charge on any atom is -0.344 e. The number of carbonyl (C=O) groups excluding carboxylic acids is 1. The zero-order valence-corrected chi connectivity index (χ0v) is 15.2. The van der Waals surface area contributed by atoms with E-state index in [0.29, 0.717) is 18.9 Å². The molecule has 25 heavy (non-hydrogen) atoms. The van der Waals surface area contributed by atoms with Crippen molar-refractivity contribution in [2.45, 2.75) is 42.5 Å². The van der Waals surface area contributed by atoms with Crippen molar-refractivity contribution in [1.82, 2.24) is 19.7 Å². The van der Waals surface area contributed by atoms with E-state index in [0.717, 1.165) is 29.5 Å². The van der Waals surface area contributed by atoms with Gasteiger partial charge in [-0.3, -0.25) is 9.36 Å². The van der Waals surface area contributed by atoms with E-state index in [1.165, 1.54) is 11.8 Å². The standard InChI is InChI=1S/C18H21N5OS/c1-13(17(24)22(2)12-6-11-19)25-18-21-20-16(14-9-10-14)23(18)15-7-4-3-5-8-15/h3-5,7-8,13-14H,6,9-10,12H2,1-2H3/t13-/m1/s1. The van der Waals surface area contributed by atoms with Gasteiger partial charge < -0.3 is 4.90 Å². The summed E-state index contributed by atoms with van der Waals surface area (Å²) in [7, 11) is 1.73. The van der Waals surface area contributed by atoms with Crippen molar-refractivity contribution in [3.8, 4) is 11.8 Å². The molecule has 1 saturated carbocycles. The van der Waals surface area contributed by atoms with E-state index >= 15 is 0 Å². The third kappa shape index (κ3) is 4.02. The molecule has 7 heteroatoms. The van der Waals surface area contributed by atoms with E-state index < -0.39 is 0 Å². The van der Waals surface area contributed by atoms with Crippen LogP contribution in [0.1, 0.15) is 37.9 Å². The quantitative estimate of drug-likeness (QED) is 0.714. The minimum absolute atomic E-state index is 0.00386. The van der Waals surface area contributed by atoms with Gasteiger partial charge in [0.15, 0.2) is 5.16 Å². The van der Waals surface area contributed by atoms with Gasteiger partial charge in [0, 0.05) is 25.2 Å².